The minimum absolute atomic E-state index is 0.237. The summed E-state index contributed by atoms with van der Waals surface area (Å²) in [5, 5.41) is 11.4. The second-order valence-electron chi connectivity index (χ2n) is 7.96. The lowest BCUT2D eigenvalue weighted by molar-refractivity contribution is -0.111. The normalized spacial score (nSPS) is 11.2. The predicted octanol–water partition coefficient (Wildman–Crippen LogP) is 4.17. The summed E-state index contributed by atoms with van der Waals surface area (Å²) in [5.74, 6) is 1.17. The van der Waals surface area contributed by atoms with Crippen LogP contribution in [0.15, 0.2) is 89.7 Å². The molecule has 0 bridgehead atoms. The number of amides is 1. The highest BCUT2D eigenvalue weighted by molar-refractivity contribution is 6.36. The van der Waals surface area contributed by atoms with Gasteiger partial charge < -0.3 is 15.1 Å². The number of rotatable bonds is 7. The van der Waals surface area contributed by atoms with Crippen LogP contribution in [-0.4, -0.2) is 28.4 Å². The van der Waals surface area contributed by atoms with Gasteiger partial charge in [-0.3, -0.25) is 4.79 Å². The number of aromatic nitrogens is 3. The summed E-state index contributed by atoms with van der Waals surface area (Å²) in [6.45, 7) is 0.520. The molecule has 0 aliphatic heterocycles. The van der Waals surface area contributed by atoms with Crippen LogP contribution in [0.2, 0.25) is 5.02 Å². The van der Waals surface area contributed by atoms with Gasteiger partial charge in [0.1, 0.15) is 19.4 Å². The van der Waals surface area contributed by atoms with Gasteiger partial charge in [0, 0.05) is 41.2 Å². The summed E-state index contributed by atoms with van der Waals surface area (Å²) in [7, 11) is 1.97. The van der Waals surface area contributed by atoms with Gasteiger partial charge in [-0.15, -0.1) is 0 Å². The van der Waals surface area contributed by atoms with E-state index in [1.54, 1.807) is 35.2 Å². The molecule has 0 radical (unpaired) electrons. The molecule has 5 rings (SSSR count). The number of halogens is 1. The highest BCUT2D eigenvalue weighted by Gasteiger charge is 2.12. The second kappa shape index (κ2) is 9.91. The summed E-state index contributed by atoms with van der Waals surface area (Å²) in [5.41, 5.74) is 5.03. The third-order valence-electron chi connectivity index (χ3n) is 5.41. The van der Waals surface area contributed by atoms with Crippen LogP contribution in [0.5, 0.6) is 0 Å². The first-order chi connectivity index (χ1) is 17.1. The maximum absolute atomic E-state index is 12.3. The first-order valence-corrected chi connectivity index (χ1v) is 11.4. The zero-order valence-corrected chi connectivity index (χ0v) is 19.7. The fraction of sp³-hybridized carbons (Fsp3) is 0.0385. The molecule has 9 heteroatoms. The van der Waals surface area contributed by atoms with Crippen molar-refractivity contribution in [2.75, 3.05) is 10.6 Å². The molecule has 2 aromatic carbocycles. The Morgan fingerprint density at radius 1 is 1.11 bits per heavy atom. The van der Waals surface area contributed by atoms with E-state index in [9.17, 15) is 4.79 Å². The quantitative estimate of drug-likeness (QED) is 0.269. The average Bonchev–Trinajstić information content (AvgIpc) is 3.52. The van der Waals surface area contributed by atoms with Crippen molar-refractivity contribution < 1.29 is 9.21 Å². The van der Waals surface area contributed by atoms with E-state index >= 15 is 0 Å². The summed E-state index contributed by atoms with van der Waals surface area (Å²) in [4.78, 5) is 17.0. The van der Waals surface area contributed by atoms with Gasteiger partial charge in [0.05, 0.1) is 12.0 Å². The SMILES string of the molecule is Bc1cnn2c(NCc3cccc(NC(=O)/C=C/c4ccco4)c3)cc(-c3ccccc3Cl)nc12. The van der Waals surface area contributed by atoms with E-state index in [2.05, 4.69) is 15.7 Å². The predicted molar refractivity (Wildman–Crippen MR) is 142 cm³/mol. The molecule has 7 nitrogen and oxygen atoms in total. The molecule has 3 heterocycles. The van der Waals surface area contributed by atoms with Gasteiger partial charge in [-0.1, -0.05) is 41.9 Å². The number of carbonyl (C=O) groups is 1. The van der Waals surface area contributed by atoms with Crippen molar-refractivity contribution in [1.29, 1.82) is 0 Å². The molecule has 0 unspecified atom stereocenters. The van der Waals surface area contributed by atoms with E-state index < -0.39 is 0 Å². The molecule has 0 fully saturated rings. The standard InChI is InChI=1S/C26H21BClN5O2/c27-21-16-30-33-24(14-23(32-26(21)33)20-8-1-2-9-22(20)28)29-15-17-5-3-6-18(13-17)31-25(34)11-10-19-7-4-12-35-19/h1-14,16,29H,15,27H2,(H,31,34)/b11-10+. The van der Waals surface area contributed by atoms with Crippen molar-refractivity contribution >= 4 is 54.0 Å². The molecule has 0 spiro atoms. The number of carbonyl (C=O) groups excluding carboxylic acids is 1. The monoisotopic (exact) mass is 481 g/mol. The van der Waals surface area contributed by atoms with Crippen LogP contribution < -0.4 is 16.1 Å². The molecule has 5 aromatic rings. The lowest BCUT2D eigenvalue weighted by Gasteiger charge is -2.12. The lowest BCUT2D eigenvalue weighted by Crippen LogP contribution is -2.10. The Labute approximate surface area is 207 Å². The van der Waals surface area contributed by atoms with Crippen LogP contribution in [0, 0.1) is 0 Å². The molecule has 1 amide bonds. The molecule has 0 atom stereocenters. The zero-order valence-electron chi connectivity index (χ0n) is 18.9. The van der Waals surface area contributed by atoms with Crippen LogP contribution in [0.3, 0.4) is 0 Å². The maximum atomic E-state index is 12.3. The third-order valence-corrected chi connectivity index (χ3v) is 5.74. The van der Waals surface area contributed by atoms with Gasteiger partial charge >= 0.3 is 0 Å². The number of nitrogens with one attached hydrogen (secondary N) is 2. The number of fused-ring (bicyclic) bond motifs is 1. The maximum Gasteiger partial charge on any atom is 0.248 e. The van der Waals surface area contributed by atoms with Crippen molar-refractivity contribution in [2.24, 2.45) is 0 Å². The number of nitrogens with zero attached hydrogens (tertiary/aromatic N) is 3. The first kappa shape index (κ1) is 22.5. The highest BCUT2D eigenvalue weighted by Crippen LogP contribution is 2.28. The van der Waals surface area contributed by atoms with E-state index in [0.717, 1.165) is 33.7 Å². The number of hydrogen-bond acceptors (Lipinski definition) is 5. The minimum atomic E-state index is -0.237. The van der Waals surface area contributed by atoms with Crippen LogP contribution in [-0.2, 0) is 11.3 Å². The number of benzene rings is 2. The molecule has 3 aromatic heterocycles. The van der Waals surface area contributed by atoms with E-state index in [0.29, 0.717) is 23.0 Å². The van der Waals surface area contributed by atoms with Crippen molar-refractivity contribution in [2.45, 2.75) is 6.54 Å². The third kappa shape index (κ3) is 5.12. The molecule has 2 N–H and O–H groups in total. The van der Waals surface area contributed by atoms with Gasteiger partial charge in [0.15, 0.2) is 5.65 Å². The van der Waals surface area contributed by atoms with E-state index in [1.807, 2.05) is 62.4 Å². The summed E-state index contributed by atoms with van der Waals surface area (Å²) in [6.07, 6.45) is 6.41. The first-order valence-electron chi connectivity index (χ1n) is 11.0. The second-order valence-corrected chi connectivity index (χ2v) is 8.37. The summed E-state index contributed by atoms with van der Waals surface area (Å²) >= 11 is 6.43. The fourth-order valence-corrected chi connectivity index (χ4v) is 3.92. The highest BCUT2D eigenvalue weighted by atomic mass is 35.5. The zero-order chi connectivity index (χ0) is 24.2. The van der Waals surface area contributed by atoms with Gasteiger partial charge in [0.2, 0.25) is 5.91 Å². The van der Waals surface area contributed by atoms with Crippen LogP contribution in [0.4, 0.5) is 11.5 Å². The number of furan rings is 1. The van der Waals surface area contributed by atoms with Crippen molar-refractivity contribution in [3.05, 3.63) is 102 Å². The summed E-state index contributed by atoms with van der Waals surface area (Å²) in [6, 6.07) is 20.8. The number of anilines is 2. The molecule has 172 valence electrons. The Balaban J connectivity index is 1.35. The van der Waals surface area contributed by atoms with Crippen LogP contribution in [0.25, 0.3) is 23.0 Å². The molecular formula is C26H21BClN5O2. The van der Waals surface area contributed by atoms with Crippen molar-refractivity contribution in [3.63, 3.8) is 0 Å². The summed E-state index contributed by atoms with van der Waals surface area (Å²) < 4.78 is 6.99. The van der Waals surface area contributed by atoms with E-state index in [4.69, 9.17) is 21.0 Å². The Hall–Kier alpha value is -4.30. The van der Waals surface area contributed by atoms with Gasteiger partial charge in [0.25, 0.3) is 0 Å². The lowest BCUT2D eigenvalue weighted by atomic mass is 10.0. The van der Waals surface area contributed by atoms with Crippen LogP contribution >= 0.6 is 11.6 Å². The van der Waals surface area contributed by atoms with Crippen molar-refractivity contribution in [3.8, 4) is 11.3 Å². The minimum Gasteiger partial charge on any atom is -0.465 e. The number of hydrogen-bond donors (Lipinski definition) is 2. The average molecular weight is 482 g/mol. The Morgan fingerprint density at radius 2 is 2.00 bits per heavy atom. The van der Waals surface area contributed by atoms with Crippen molar-refractivity contribution in [1.82, 2.24) is 14.6 Å². The molecule has 0 aliphatic rings. The smallest absolute Gasteiger partial charge is 0.248 e. The Bertz CT molecular complexity index is 1530. The molecule has 0 aliphatic carbocycles. The molecule has 0 saturated carbocycles. The largest absolute Gasteiger partial charge is 0.465 e. The van der Waals surface area contributed by atoms with Gasteiger partial charge in [-0.2, -0.15) is 9.61 Å². The van der Waals surface area contributed by atoms with E-state index in [-0.39, 0.29) is 5.91 Å². The molecule has 0 saturated heterocycles. The van der Waals surface area contributed by atoms with Crippen LogP contribution in [0.1, 0.15) is 11.3 Å². The topological polar surface area (TPSA) is 84.5 Å². The van der Waals surface area contributed by atoms with Gasteiger partial charge in [-0.25, -0.2) is 4.98 Å². The van der Waals surface area contributed by atoms with E-state index in [1.165, 1.54) is 6.08 Å². The fourth-order valence-electron chi connectivity index (χ4n) is 3.68. The Kier molecular flexibility index (Phi) is 6.37. The molecular weight excluding hydrogens is 461 g/mol. The molecule has 35 heavy (non-hydrogen) atoms. The Morgan fingerprint density at radius 3 is 2.83 bits per heavy atom. The van der Waals surface area contributed by atoms with Gasteiger partial charge in [-0.05, 0) is 47.4 Å².